The zero-order valence-corrected chi connectivity index (χ0v) is 18.5. The number of halogens is 5. The van der Waals surface area contributed by atoms with Crippen LogP contribution in [0.15, 0.2) is 35.2 Å². The highest BCUT2D eigenvalue weighted by Gasteiger charge is 2.37. The van der Waals surface area contributed by atoms with Gasteiger partial charge in [0.25, 0.3) is 0 Å². The van der Waals surface area contributed by atoms with Crippen LogP contribution < -0.4 is 9.61 Å². The van der Waals surface area contributed by atoms with Crippen molar-refractivity contribution < 1.29 is 40.6 Å². The molecular weight excluding hydrogens is 476 g/mol. The summed E-state index contributed by atoms with van der Waals surface area (Å²) in [5.74, 6) is -11.8. The Morgan fingerprint density at radius 2 is 1.53 bits per heavy atom. The van der Waals surface area contributed by atoms with Gasteiger partial charge in [0.05, 0.1) is 4.90 Å². The Kier molecular flexibility index (Phi) is 7.84. The van der Waals surface area contributed by atoms with Crippen LogP contribution in [0.25, 0.3) is 0 Å². The van der Waals surface area contributed by atoms with E-state index in [-0.39, 0.29) is 23.2 Å². The largest absolute Gasteiger partial charge is 0.461 e. The predicted octanol–water partition coefficient (Wildman–Crippen LogP) is 6.13. The molecule has 12 heteroatoms. The molecule has 1 aliphatic carbocycles. The molecule has 0 aliphatic heterocycles. The van der Waals surface area contributed by atoms with Gasteiger partial charge < -0.3 is 9.26 Å². The molecule has 174 valence electrons. The Morgan fingerprint density at radius 1 is 1.00 bits per heavy atom. The van der Waals surface area contributed by atoms with Gasteiger partial charge in [-0.05, 0) is 44.7 Å². The van der Waals surface area contributed by atoms with Crippen molar-refractivity contribution in [1.29, 1.82) is 0 Å². The van der Waals surface area contributed by atoms with Crippen LogP contribution >= 0.6 is 18.1 Å². The Morgan fingerprint density at radius 3 is 2.09 bits per heavy atom. The van der Waals surface area contributed by atoms with E-state index in [0.29, 0.717) is 12.8 Å². The third-order valence-electron chi connectivity index (χ3n) is 4.64. The fourth-order valence-corrected chi connectivity index (χ4v) is 6.94. The first kappa shape index (κ1) is 24.5. The topological polar surface area (TPSA) is 64.6 Å². The van der Waals surface area contributed by atoms with E-state index < -0.39 is 52.7 Å². The third kappa shape index (κ3) is 5.63. The van der Waals surface area contributed by atoms with Crippen LogP contribution in [-0.4, -0.2) is 18.1 Å². The maximum atomic E-state index is 14.2. The first-order valence-electron chi connectivity index (χ1n) is 9.65. The van der Waals surface area contributed by atoms with E-state index in [0.717, 1.165) is 12.8 Å². The van der Waals surface area contributed by atoms with Crippen molar-refractivity contribution in [2.24, 2.45) is 0 Å². The molecule has 0 unspecified atom stereocenters. The maximum Gasteiger partial charge on any atom is 0.379 e. The first-order valence-corrected chi connectivity index (χ1v) is 12.7. The van der Waals surface area contributed by atoms with Crippen molar-refractivity contribution in [3.05, 3.63) is 59.4 Å². The molecule has 1 N–H and O–H groups in total. The molecule has 0 radical (unpaired) electrons. The Hall–Kier alpha value is -2.10. The average Bonchev–Trinajstić information content (AvgIpc) is 3.27. The summed E-state index contributed by atoms with van der Waals surface area (Å²) in [5.41, 5.74) is 0. The smallest absolute Gasteiger partial charge is 0.379 e. The number of rotatable bonds is 8. The monoisotopic (exact) mass is 495 g/mol. The molecule has 0 aromatic heterocycles. The second-order valence-corrected chi connectivity index (χ2v) is 11.1. The second kappa shape index (κ2) is 10.2. The third-order valence-corrected chi connectivity index (χ3v) is 8.38. The summed E-state index contributed by atoms with van der Waals surface area (Å²) >= 11 is -0.218. The molecule has 0 bridgehead atoms. The molecule has 0 amide bonds. The van der Waals surface area contributed by atoms with Gasteiger partial charge in [-0.15, -0.1) is 0 Å². The van der Waals surface area contributed by atoms with Crippen LogP contribution in [0.5, 0.6) is 5.75 Å². The molecule has 0 heterocycles. The van der Waals surface area contributed by atoms with Crippen LogP contribution in [0.4, 0.5) is 22.0 Å². The van der Waals surface area contributed by atoms with Gasteiger partial charge in [0, 0.05) is 11.4 Å². The summed E-state index contributed by atoms with van der Waals surface area (Å²) in [4.78, 5) is 11.0. The molecule has 0 spiro atoms. The highest BCUT2D eigenvalue weighted by Crippen LogP contribution is 2.60. The SMILES string of the molecule is C[C@H](N[P@@](=O)(Oc1ccccc1)Sc1c(F)c(F)c(F)c(F)c1F)C(=O)OC1CCCC1. The molecule has 0 saturated heterocycles. The van der Waals surface area contributed by atoms with Gasteiger partial charge >= 0.3 is 12.7 Å². The van der Waals surface area contributed by atoms with E-state index >= 15 is 0 Å². The lowest BCUT2D eigenvalue weighted by Crippen LogP contribution is -2.35. The van der Waals surface area contributed by atoms with E-state index in [1.165, 1.54) is 31.2 Å². The van der Waals surface area contributed by atoms with Crippen molar-refractivity contribution in [1.82, 2.24) is 5.09 Å². The number of carbonyl (C=O) groups excluding carboxylic acids is 1. The number of hydrogen-bond acceptors (Lipinski definition) is 5. The summed E-state index contributed by atoms with van der Waals surface area (Å²) < 4.78 is 93.1. The van der Waals surface area contributed by atoms with Crippen LogP contribution in [-0.2, 0) is 14.1 Å². The molecule has 1 fully saturated rings. The van der Waals surface area contributed by atoms with E-state index in [4.69, 9.17) is 9.26 Å². The highest BCUT2D eigenvalue weighted by molar-refractivity contribution is 8.56. The van der Waals surface area contributed by atoms with Gasteiger partial charge in [-0.1, -0.05) is 18.2 Å². The van der Waals surface area contributed by atoms with E-state index in [1.807, 2.05) is 0 Å². The maximum absolute atomic E-state index is 14.2. The molecule has 3 rings (SSSR count). The van der Waals surface area contributed by atoms with Crippen LogP contribution in [0.1, 0.15) is 32.6 Å². The number of nitrogens with one attached hydrogen (secondary N) is 1. The average molecular weight is 495 g/mol. The number of ether oxygens (including phenoxy) is 1. The minimum atomic E-state index is -4.50. The summed E-state index contributed by atoms with van der Waals surface area (Å²) in [7, 11) is 0. The van der Waals surface area contributed by atoms with Crippen molar-refractivity contribution in [2.75, 3.05) is 0 Å². The fourth-order valence-electron chi connectivity index (χ4n) is 3.04. The van der Waals surface area contributed by atoms with Crippen LogP contribution in [0.2, 0.25) is 0 Å². The number of para-hydroxylation sites is 1. The molecule has 5 nitrogen and oxygen atoms in total. The van der Waals surface area contributed by atoms with Gasteiger partial charge in [-0.3, -0.25) is 4.79 Å². The lowest BCUT2D eigenvalue weighted by molar-refractivity contribution is -0.150. The summed E-state index contributed by atoms with van der Waals surface area (Å²) in [6.07, 6.45) is 2.84. The van der Waals surface area contributed by atoms with Crippen LogP contribution in [0.3, 0.4) is 0 Å². The van der Waals surface area contributed by atoms with Gasteiger partial charge in [-0.2, -0.15) is 0 Å². The van der Waals surface area contributed by atoms with Gasteiger partial charge in [-0.25, -0.2) is 31.6 Å². The van der Waals surface area contributed by atoms with Crippen molar-refractivity contribution in [3.63, 3.8) is 0 Å². The normalized spacial score (nSPS) is 17.1. The lowest BCUT2D eigenvalue weighted by Gasteiger charge is -2.24. The lowest BCUT2D eigenvalue weighted by atomic mass is 10.3. The predicted molar refractivity (Wildman–Crippen MR) is 108 cm³/mol. The fraction of sp³-hybridized carbons (Fsp3) is 0.350. The molecule has 1 aliphatic rings. The minimum Gasteiger partial charge on any atom is -0.461 e. The Balaban J connectivity index is 1.90. The summed E-state index contributed by atoms with van der Waals surface area (Å²) in [6.45, 7) is -3.21. The molecule has 1 saturated carbocycles. The number of hydrogen-bond donors (Lipinski definition) is 1. The van der Waals surface area contributed by atoms with Crippen molar-refractivity contribution in [2.45, 2.75) is 49.6 Å². The van der Waals surface area contributed by atoms with Crippen molar-refractivity contribution >= 4 is 24.1 Å². The van der Waals surface area contributed by atoms with Gasteiger partial charge in [0.15, 0.2) is 23.3 Å². The Labute approximate surface area is 184 Å². The number of carbonyl (C=O) groups is 1. The van der Waals surface area contributed by atoms with Gasteiger partial charge in [0.1, 0.15) is 17.9 Å². The molecule has 2 atom stereocenters. The molecular formula is C20H19F5NO4PS. The summed E-state index contributed by atoms with van der Waals surface area (Å²) in [6, 6.07) is 6.12. The Bertz CT molecular complexity index is 1010. The van der Waals surface area contributed by atoms with Gasteiger partial charge in [0.2, 0.25) is 5.82 Å². The molecule has 2 aromatic carbocycles. The number of esters is 1. The first-order chi connectivity index (χ1) is 15.1. The van der Waals surface area contributed by atoms with Crippen LogP contribution in [0, 0.1) is 29.1 Å². The quantitative estimate of drug-likeness (QED) is 0.156. The van der Waals surface area contributed by atoms with E-state index in [9.17, 15) is 31.3 Å². The second-order valence-electron chi connectivity index (χ2n) is 7.09. The van der Waals surface area contributed by atoms with E-state index in [2.05, 4.69) is 5.09 Å². The summed E-state index contributed by atoms with van der Waals surface area (Å²) in [5, 5.41) is 2.32. The standard InChI is InChI=1S/C20H19F5NO4PS/c1-11(20(27)29-12-7-5-6-8-12)26-31(28,30-13-9-3-2-4-10-13)32-19-17(24)15(22)14(21)16(23)18(19)25/h2-4,9-12H,5-8H2,1H3,(H,26,28)/t11-,31+/m0/s1. The highest BCUT2D eigenvalue weighted by atomic mass is 32.7. The number of benzene rings is 2. The zero-order chi connectivity index (χ0) is 23.5. The van der Waals surface area contributed by atoms with E-state index in [1.54, 1.807) is 6.07 Å². The molecule has 32 heavy (non-hydrogen) atoms. The minimum absolute atomic E-state index is 0.0175. The van der Waals surface area contributed by atoms with Crippen molar-refractivity contribution in [3.8, 4) is 5.75 Å². The molecule has 2 aromatic rings. The zero-order valence-electron chi connectivity index (χ0n) is 16.7.